The first-order valence-corrected chi connectivity index (χ1v) is 7.36. The largest absolute Gasteiger partial charge is 0.354 e. The van der Waals surface area contributed by atoms with Crippen LogP contribution in [-0.4, -0.2) is 33.0 Å². The number of H-pyrrole nitrogens is 1. The Morgan fingerprint density at radius 2 is 2.00 bits per heavy atom. The number of fused-ring (bicyclic) bond motifs is 1. The van der Waals surface area contributed by atoms with Gasteiger partial charge in [0.2, 0.25) is 0 Å². The zero-order valence-corrected chi connectivity index (χ0v) is 11.7. The van der Waals surface area contributed by atoms with Gasteiger partial charge < -0.3 is 9.88 Å². The molecule has 0 bridgehead atoms. The van der Waals surface area contributed by atoms with Gasteiger partial charge in [0.1, 0.15) is 11.8 Å². The fraction of sp³-hybridized carbons (Fsp3) is 0.312. The predicted octanol–water partition coefficient (Wildman–Crippen LogP) is 2.74. The highest BCUT2D eigenvalue weighted by Crippen LogP contribution is 2.30. The van der Waals surface area contributed by atoms with E-state index < -0.39 is 0 Å². The van der Waals surface area contributed by atoms with Crippen LogP contribution in [0.5, 0.6) is 0 Å². The Balaban J connectivity index is 1.65. The Morgan fingerprint density at radius 1 is 1.10 bits per heavy atom. The summed E-state index contributed by atoms with van der Waals surface area (Å²) < 4.78 is 0. The van der Waals surface area contributed by atoms with Gasteiger partial charge in [-0.2, -0.15) is 0 Å². The van der Waals surface area contributed by atoms with E-state index in [1.54, 1.807) is 12.7 Å². The minimum Gasteiger partial charge on any atom is -0.354 e. The quantitative estimate of drug-likeness (QED) is 0.783. The zero-order valence-electron chi connectivity index (χ0n) is 11.7. The second kappa shape index (κ2) is 5.16. The number of aromatic nitrogens is 4. The normalized spacial score (nSPS) is 19.0. The molecule has 4 rings (SSSR count). The van der Waals surface area contributed by atoms with E-state index in [9.17, 15) is 0 Å². The molecule has 3 heterocycles. The molecule has 0 spiro atoms. The maximum absolute atomic E-state index is 4.47. The summed E-state index contributed by atoms with van der Waals surface area (Å²) in [6, 6.07) is 10.8. The SMILES string of the molecule is c1ccc(C2CCCN(c3ncnc4nc[nH]c34)C2)cc1. The van der Waals surface area contributed by atoms with Crippen molar-refractivity contribution >= 4 is 17.0 Å². The Hall–Kier alpha value is -2.43. The molecule has 1 unspecified atom stereocenters. The number of nitrogens with zero attached hydrogens (tertiary/aromatic N) is 4. The van der Waals surface area contributed by atoms with E-state index >= 15 is 0 Å². The maximum atomic E-state index is 4.47. The Labute approximate surface area is 123 Å². The Morgan fingerprint density at radius 3 is 2.90 bits per heavy atom. The molecule has 1 atom stereocenters. The number of nitrogens with one attached hydrogen (secondary N) is 1. The molecule has 1 N–H and O–H groups in total. The Kier molecular flexibility index (Phi) is 3.03. The summed E-state index contributed by atoms with van der Waals surface area (Å²) in [5, 5.41) is 0. The molecule has 3 aromatic rings. The standard InChI is InChI=1S/C16H17N5/c1-2-5-12(6-3-1)13-7-4-8-21(9-13)16-14-15(18-10-17-14)19-11-20-16/h1-3,5-6,10-11,13H,4,7-9H2,(H,17,18,19,20). The van der Waals surface area contributed by atoms with Crippen LogP contribution in [0.2, 0.25) is 0 Å². The highest BCUT2D eigenvalue weighted by atomic mass is 15.2. The van der Waals surface area contributed by atoms with E-state index in [-0.39, 0.29) is 0 Å². The van der Waals surface area contributed by atoms with Crippen LogP contribution in [0.4, 0.5) is 5.82 Å². The number of hydrogen-bond acceptors (Lipinski definition) is 4. The molecule has 106 valence electrons. The zero-order chi connectivity index (χ0) is 14.1. The number of piperidine rings is 1. The number of aromatic amines is 1. The fourth-order valence-electron chi connectivity index (χ4n) is 3.16. The van der Waals surface area contributed by atoms with Gasteiger partial charge in [0.25, 0.3) is 0 Å². The molecule has 5 nitrogen and oxygen atoms in total. The first-order valence-electron chi connectivity index (χ1n) is 7.36. The number of anilines is 1. The van der Waals surface area contributed by atoms with Crippen molar-refractivity contribution in [2.75, 3.05) is 18.0 Å². The molecular weight excluding hydrogens is 262 g/mol. The third-order valence-electron chi connectivity index (χ3n) is 4.19. The highest BCUT2D eigenvalue weighted by Gasteiger charge is 2.23. The van der Waals surface area contributed by atoms with Crippen molar-refractivity contribution in [2.24, 2.45) is 0 Å². The van der Waals surface area contributed by atoms with Crippen LogP contribution in [0.3, 0.4) is 0 Å². The molecule has 1 aromatic carbocycles. The number of rotatable bonds is 2. The summed E-state index contributed by atoms with van der Waals surface area (Å²) in [5.74, 6) is 1.53. The second-order valence-electron chi connectivity index (χ2n) is 5.49. The monoisotopic (exact) mass is 279 g/mol. The lowest BCUT2D eigenvalue weighted by Gasteiger charge is -2.33. The van der Waals surface area contributed by atoms with Crippen LogP contribution >= 0.6 is 0 Å². The smallest absolute Gasteiger partial charge is 0.182 e. The van der Waals surface area contributed by atoms with E-state index in [4.69, 9.17) is 0 Å². The molecule has 1 fully saturated rings. The van der Waals surface area contributed by atoms with Crippen LogP contribution in [-0.2, 0) is 0 Å². The van der Waals surface area contributed by atoms with E-state index in [1.807, 2.05) is 0 Å². The second-order valence-corrected chi connectivity index (χ2v) is 5.49. The van der Waals surface area contributed by atoms with Crippen LogP contribution in [0.15, 0.2) is 43.0 Å². The van der Waals surface area contributed by atoms with Gasteiger partial charge in [0, 0.05) is 19.0 Å². The van der Waals surface area contributed by atoms with Gasteiger partial charge >= 0.3 is 0 Å². The molecule has 0 amide bonds. The Bertz CT molecular complexity index is 737. The third kappa shape index (κ3) is 2.24. The molecule has 0 radical (unpaired) electrons. The molecule has 5 heteroatoms. The topological polar surface area (TPSA) is 57.7 Å². The molecule has 1 saturated heterocycles. The summed E-state index contributed by atoms with van der Waals surface area (Å²) in [5.41, 5.74) is 3.09. The number of hydrogen-bond donors (Lipinski definition) is 1. The number of benzene rings is 1. The molecule has 1 aliphatic rings. The summed E-state index contributed by atoms with van der Waals surface area (Å²) in [7, 11) is 0. The van der Waals surface area contributed by atoms with Gasteiger partial charge in [-0.05, 0) is 18.4 Å². The molecule has 2 aromatic heterocycles. The van der Waals surface area contributed by atoms with Crippen LogP contribution < -0.4 is 4.90 Å². The lowest BCUT2D eigenvalue weighted by molar-refractivity contribution is 0.508. The average Bonchev–Trinajstić information content (AvgIpc) is 3.04. The summed E-state index contributed by atoms with van der Waals surface area (Å²) in [4.78, 5) is 18.4. The van der Waals surface area contributed by atoms with Crippen molar-refractivity contribution in [1.82, 2.24) is 19.9 Å². The van der Waals surface area contributed by atoms with Crippen molar-refractivity contribution in [3.63, 3.8) is 0 Å². The van der Waals surface area contributed by atoms with Crippen LogP contribution in [0, 0.1) is 0 Å². The first-order chi connectivity index (χ1) is 10.4. The lowest BCUT2D eigenvalue weighted by Crippen LogP contribution is -2.35. The average molecular weight is 279 g/mol. The van der Waals surface area contributed by atoms with E-state index in [0.29, 0.717) is 5.92 Å². The minimum absolute atomic E-state index is 0.563. The fourth-order valence-corrected chi connectivity index (χ4v) is 3.16. The summed E-state index contributed by atoms with van der Waals surface area (Å²) in [6.07, 6.45) is 5.70. The van der Waals surface area contributed by atoms with E-state index in [0.717, 1.165) is 30.1 Å². The molecule has 21 heavy (non-hydrogen) atoms. The minimum atomic E-state index is 0.563. The van der Waals surface area contributed by atoms with Gasteiger partial charge in [-0.3, -0.25) is 0 Å². The van der Waals surface area contributed by atoms with Gasteiger partial charge in [-0.1, -0.05) is 30.3 Å². The summed E-state index contributed by atoms with van der Waals surface area (Å²) >= 11 is 0. The van der Waals surface area contributed by atoms with Crippen molar-refractivity contribution in [3.8, 4) is 0 Å². The highest BCUT2D eigenvalue weighted by molar-refractivity contribution is 5.82. The van der Waals surface area contributed by atoms with Crippen molar-refractivity contribution in [3.05, 3.63) is 48.5 Å². The molecule has 0 saturated carbocycles. The van der Waals surface area contributed by atoms with Gasteiger partial charge in [0.15, 0.2) is 11.5 Å². The summed E-state index contributed by atoms with van der Waals surface area (Å²) in [6.45, 7) is 2.03. The van der Waals surface area contributed by atoms with Crippen LogP contribution in [0.25, 0.3) is 11.2 Å². The molecule has 0 aliphatic carbocycles. The predicted molar refractivity (Wildman–Crippen MR) is 82.3 cm³/mol. The molecule has 1 aliphatic heterocycles. The van der Waals surface area contributed by atoms with Gasteiger partial charge in [-0.15, -0.1) is 0 Å². The van der Waals surface area contributed by atoms with Gasteiger partial charge in [-0.25, -0.2) is 15.0 Å². The van der Waals surface area contributed by atoms with Crippen LogP contribution in [0.1, 0.15) is 24.3 Å². The molecular formula is C16H17N5. The van der Waals surface area contributed by atoms with E-state index in [1.165, 1.54) is 18.4 Å². The van der Waals surface area contributed by atoms with Gasteiger partial charge in [0.05, 0.1) is 6.33 Å². The number of imidazole rings is 1. The first kappa shape index (κ1) is 12.3. The van der Waals surface area contributed by atoms with Crippen molar-refractivity contribution in [2.45, 2.75) is 18.8 Å². The third-order valence-corrected chi connectivity index (χ3v) is 4.19. The van der Waals surface area contributed by atoms with Crippen molar-refractivity contribution < 1.29 is 0 Å². The lowest BCUT2D eigenvalue weighted by atomic mass is 9.91. The van der Waals surface area contributed by atoms with Crippen molar-refractivity contribution in [1.29, 1.82) is 0 Å². The maximum Gasteiger partial charge on any atom is 0.182 e. The van der Waals surface area contributed by atoms with E-state index in [2.05, 4.69) is 55.2 Å².